The standard InChI is InChI=1S/C41H23N3O2/c1-2-10-26(11-3-1)39-42-40(27-20-21-30-29-13-6-7-15-33(29)45-35(30)23-27)44-41(43-39)32-14-8-16-34-37(32)31-22-19-25-18-17-24-9-4-5-12-28(24)36(25)38(31)46-34/h1-23H. The zero-order valence-corrected chi connectivity index (χ0v) is 24.4. The Balaban J connectivity index is 1.24. The van der Waals surface area contributed by atoms with Crippen molar-refractivity contribution in [2.75, 3.05) is 0 Å². The van der Waals surface area contributed by atoms with Gasteiger partial charge in [-0.05, 0) is 46.5 Å². The van der Waals surface area contributed by atoms with Crippen LogP contribution in [0.2, 0.25) is 0 Å². The maximum absolute atomic E-state index is 6.66. The molecule has 5 heteroatoms. The molecule has 0 spiro atoms. The van der Waals surface area contributed by atoms with Gasteiger partial charge in [-0.15, -0.1) is 0 Å². The minimum Gasteiger partial charge on any atom is -0.456 e. The summed E-state index contributed by atoms with van der Waals surface area (Å²) in [6.07, 6.45) is 0. The minimum atomic E-state index is 0.576. The van der Waals surface area contributed by atoms with Crippen molar-refractivity contribution in [2.45, 2.75) is 0 Å². The quantitative estimate of drug-likeness (QED) is 0.192. The van der Waals surface area contributed by atoms with Crippen molar-refractivity contribution in [3.8, 4) is 34.2 Å². The third-order valence-corrected chi connectivity index (χ3v) is 8.92. The van der Waals surface area contributed by atoms with Crippen LogP contribution in [0.1, 0.15) is 0 Å². The molecule has 214 valence electrons. The predicted octanol–water partition coefficient (Wildman–Crippen LogP) is 11.0. The summed E-state index contributed by atoms with van der Waals surface area (Å²) in [6, 6.07) is 47.5. The lowest BCUT2D eigenvalue weighted by atomic mass is 9.98. The molecule has 0 bridgehead atoms. The van der Waals surface area contributed by atoms with Crippen molar-refractivity contribution in [1.29, 1.82) is 0 Å². The summed E-state index contributed by atoms with van der Waals surface area (Å²) in [5, 5.41) is 8.76. The highest BCUT2D eigenvalue weighted by molar-refractivity contribution is 6.24. The van der Waals surface area contributed by atoms with Crippen LogP contribution >= 0.6 is 0 Å². The van der Waals surface area contributed by atoms with Crippen LogP contribution in [0.4, 0.5) is 0 Å². The molecule has 0 aliphatic carbocycles. The van der Waals surface area contributed by atoms with Crippen molar-refractivity contribution in [1.82, 2.24) is 15.0 Å². The second-order valence-corrected chi connectivity index (χ2v) is 11.6. The van der Waals surface area contributed by atoms with Crippen molar-refractivity contribution in [3.63, 3.8) is 0 Å². The maximum Gasteiger partial charge on any atom is 0.164 e. The lowest BCUT2D eigenvalue weighted by Crippen LogP contribution is -2.00. The van der Waals surface area contributed by atoms with Crippen molar-refractivity contribution < 1.29 is 8.83 Å². The third kappa shape index (κ3) is 3.72. The van der Waals surface area contributed by atoms with E-state index in [1.807, 2.05) is 66.7 Å². The van der Waals surface area contributed by atoms with Crippen LogP contribution in [-0.4, -0.2) is 15.0 Å². The second kappa shape index (κ2) is 9.58. The van der Waals surface area contributed by atoms with Gasteiger partial charge >= 0.3 is 0 Å². The fourth-order valence-electron chi connectivity index (χ4n) is 6.76. The zero-order chi connectivity index (χ0) is 30.2. The third-order valence-electron chi connectivity index (χ3n) is 8.92. The van der Waals surface area contributed by atoms with Gasteiger partial charge in [0, 0.05) is 43.6 Å². The zero-order valence-electron chi connectivity index (χ0n) is 24.4. The molecule has 46 heavy (non-hydrogen) atoms. The molecule has 5 nitrogen and oxygen atoms in total. The highest BCUT2D eigenvalue weighted by Crippen LogP contribution is 2.41. The molecule has 0 atom stereocenters. The van der Waals surface area contributed by atoms with E-state index < -0.39 is 0 Å². The second-order valence-electron chi connectivity index (χ2n) is 11.6. The van der Waals surface area contributed by atoms with E-state index in [0.29, 0.717) is 17.5 Å². The molecule has 0 N–H and O–H groups in total. The van der Waals surface area contributed by atoms with E-state index in [9.17, 15) is 0 Å². The Bertz CT molecular complexity index is 2810. The molecule has 3 aromatic heterocycles. The Hall–Kier alpha value is -6.33. The van der Waals surface area contributed by atoms with Crippen LogP contribution in [0.25, 0.3) is 99.6 Å². The first kappa shape index (κ1) is 25.0. The lowest BCUT2D eigenvalue weighted by Gasteiger charge is -2.09. The Morgan fingerprint density at radius 2 is 1.04 bits per heavy atom. The summed E-state index contributed by atoms with van der Waals surface area (Å²) in [7, 11) is 0. The van der Waals surface area contributed by atoms with Crippen molar-refractivity contribution >= 4 is 65.4 Å². The highest BCUT2D eigenvalue weighted by Gasteiger charge is 2.20. The molecule has 10 aromatic rings. The molecule has 0 aliphatic heterocycles. The van der Waals surface area contributed by atoms with Crippen LogP contribution in [0.3, 0.4) is 0 Å². The number of furan rings is 2. The average molecular weight is 590 g/mol. The molecular weight excluding hydrogens is 566 g/mol. The summed E-state index contributed by atoms with van der Waals surface area (Å²) in [6.45, 7) is 0. The van der Waals surface area contributed by atoms with Crippen LogP contribution < -0.4 is 0 Å². The summed E-state index contributed by atoms with van der Waals surface area (Å²) in [5.41, 5.74) is 5.97. The van der Waals surface area contributed by atoms with Gasteiger partial charge in [0.25, 0.3) is 0 Å². The van der Waals surface area contributed by atoms with E-state index >= 15 is 0 Å². The monoisotopic (exact) mass is 589 g/mol. The van der Waals surface area contributed by atoms with Gasteiger partial charge < -0.3 is 8.83 Å². The number of benzene rings is 7. The van der Waals surface area contributed by atoms with Crippen molar-refractivity contribution in [2.24, 2.45) is 0 Å². The Labute approximate surface area is 262 Å². The Morgan fingerprint density at radius 1 is 0.370 bits per heavy atom. The smallest absolute Gasteiger partial charge is 0.164 e. The van der Waals surface area contributed by atoms with Crippen LogP contribution in [0, 0.1) is 0 Å². The number of para-hydroxylation sites is 1. The number of nitrogens with zero attached hydrogens (tertiary/aromatic N) is 3. The van der Waals surface area contributed by atoms with E-state index in [4.69, 9.17) is 23.8 Å². The van der Waals surface area contributed by atoms with Gasteiger partial charge in [-0.1, -0.05) is 109 Å². The fraction of sp³-hybridized carbons (Fsp3) is 0. The van der Waals surface area contributed by atoms with Gasteiger partial charge in [0.05, 0.1) is 0 Å². The summed E-state index contributed by atoms with van der Waals surface area (Å²) in [4.78, 5) is 15.1. The number of aromatic nitrogens is 3. The first-order chi connectivity index (χ1) is 22.8. The van der Waals surface area contributed by atoms with E-state index in [1.165, 1.54) is 10.8 Å². The van der Waals surface area contributed by atoms with Gasteiger partial charge in [-0.2, -0.15) is 0 Å². The Morgan fingerprint density at radius 3 is 1.96 bits per heavy atom. The molecular formula is C41H23N3O2. The molecule has 10 rings (SSSR count). The maximum atomic E-state index is 6.66. The van der Waals surface area contributed by atoms with Gasteiger partial charge in [0.2, 0.25) is 0 Å². The Kier molecular flexibility index (Phi) is 5.22. The molecule has 0 amide bonds. The van der Waals surface area contributed by atoms with Gasteiger partial charge in [-0.3, -0.25) is 0 Å². The topological polar surface area (TPSA) is 65.0 Å². The van der Waals surface area contributed by atoms with E-state index in [2.05, 4.69) is 72.8 Å². The average Bonchev–Trinajstić information content (AvgIpc) is 3.70. The highest BCUT2D eigenvalue weighted by atomic mass is 16.3. The summed E-state index contributed by atoms with van der Waals surface area (Å²) < 4.78 is 12.9. The largest absolute Gasteiger partial charge is 0.456 e. The first-order valence-corrected chi connectivity index (χ1v) is 15.3. The minimum absolute atomic E-state index is 0.576. The molecule has 0 unspecified atom stereocenters. The fourth-order valence-corrected chi connectivity index (χ4v) is 6.76. The lowest BCUT2D eigenvalue weighted by molar-refractivity contribution is 0.669. The normalized spacial score (nSPS) is 11.9. The van der Waals surface area contributed by atoms with Gasteiger partial charge in [-0.25, -0.2) is 15.0 Å². The molecule has 7 aromatic carbocycles. The number of fused-ring (bicyclic) bond motifs is 10. The van der Waals surface area contributed by atoms with Gasteiger partial charge in [0.15, 0.2) is 17.5 Å². The molecule has 0 saturated carbocycles. The molecule has 0 radical (unpaired) electrons. The summed E-state index contributed by atoms with van der Waals surface area (Å²) in [5.74, 6) is 1.76. The summed E-state index contributed by atoms with van der Waals surface area (Å²) >= 11 is 0. The number of rotatable bonds is 3. The molecule has 0 saturated heterocycles. The van der Waals surface area contributed by atoms with E-state index in [1.54, 1.807) is 0 Å². The number of hydrogen-bond acceptors (Lipinski definition) is 5. The van der Waals surface area contributed by atoms with E-state index in [0.717, 1.165) is 71.3 Å². The SMILES string of the molecule is c1ccc(-c2nc(-c3ccc4c(c3)oc3ccccc34)nc(-c3cccc4oc5c(ccc6ccc7ccccc7c65)c34)n2)cc1. The van der Waals surface area contributed by atoms with Crippen LogP contribution in [-0.2, 0) is 0 Å². The van der Waals surface area contributed by atoms with Gasteiger partial charge in [0.1, 0.15) is 22.3 Å². The van der Waals surface area contributed by atoms with Crippen LogP contribution in [0.5, 0.6) is 0 Å². The van der Waals surface area contributed by atoms with E-state index in [-0.39, 0.29) is 0 Å². The molecule has 0 aliphatic rings. The molecule has 0 fully saturated rings. The van der Waals surface area contributed by atoms with Crippen LogP contribution in [0.15, 0.2) is 148 Å². The van der Waals surface area contributed by atoms with Crippen molar-refractivity contribution in [3.05, 3.63) is 140 Å². The predicted molar refractivity (Wildman–Crippen MR) is 186 cm³/mol. The first-order valence-electron chi connectivity index (χ1n) is 15.3. The molecule has 3 heterocycles. The number of hydrogen-bond donors (Lipinski definition) is 0.